The first-order chi connectivity index (χ1) is 10.9. The Balaban J connectivity index is 0.000000816. The van der Waals surface area contributed by atoms with Crippen molar-refractivity contribution in [1.82, 2.24) is 14.7 Å². The highest BCUT2D eigenvalue weighted by molar-refractivity contribution is 5.95. The molecule has 0 aromatic carbocycles. The van der Waals surface area contributed by atoms with E-state index < -0.39 is 24.5 Å². The highest BCUT2D eigenvalue weighted by atomic mass is 19.3. The van der Waals surface area contributed by atoms with Gasteiger partial charge in [0.2, 0.25) is 0 Å². The van der Waals surface area contributed by atoms with Crippen LogP contribution in [0, 0.1) is 6.92 Å². The Morgan fingerprint density at radius 1 is 1.52 bits per heavy atom. The first kappa shape index (κ1) is 18.5. The fraction of sp³-hybridized carbons (Fsp3) is 0.538. The van der Waals surface area contributed by atoms with Crippen molar-refractivity contribution in [2.45, 2.75) is 32.4 Å². The molecular weight excluding hydrogens is 316 g/mol. The molecule has 0 spiro atoms. The maximum Gasteiger partial charge on any atom is 0.333 e. The molecule has 1 fully saturated rings. The summed E-state index contributed by atoms with van der Waals surface area (Å²) in [5.41, 5.74) is 0.107. The molecule has 2 heterocycles. The number of ether oxygens (including phenoxy) is 1. The van der Waals surface area contributed by atoms with Crippen LogP contribution in [0.15, 0.2) is 6.07 Å². The van der Waals surface area contributed by atoms with Crippen LogP contribution in [-0.2, 0) is 14.3 Å². The number of aromatic nitrogens is 2. The highest BCUT2D eigenvalue weighted by Gasteiger charge is 2.36. The van der Waals surface area contributed by atoms with Crippen LogP contribution in [0.3, 0.4) is 0 Å². The summed E-state index contributed by atoms with van der Waals surface area (Å²) >= 11 is 0. The fourth-order valence-electron chi connectivity index (χ4n) is 2.33. The Morgan fingerprint density at radius 2 is 2.13 bits per heavy atom. The minimum absolute atomic E-state index is 0.0846. The van der Waals surface area contributed by atoms with E-state index in [1.807, 2.05) is 0 Å². The molecule has 23 heavy (non-hydrogen) atoms. The molecule has 0 bridgehead atoms. The van der Waals surface area contributed by atoms with Gasteiger partial charge < -0.3 is 14.7 Å². The first-order valence-electron chi connectivity index (χ1n) is 6.68. The molecule has 10 heteroatoms. The summed E-state index contributed by atoms with van der Waals surface area (Å²) in [6.45, 7) is -1.22. The largest absolute Gasteiger partial charge is 0.483 e. The zero-order valence-electron chi connectivity index (χ0n) is 12.6. The number of aryl methyl sites for hydroxylation is 1. The number of amides is 1. The molecule has 0 saturated carbocycles. The van der Waals surface area contributed by atoms with Gasteiger partial charge >= 0.3 is 12.5 Å². The van der Waals surface area contributed by atoms with Gasteiger partial charge in [0.1, 0.15) is 6.04 Å². The lowest BCUT2D eigenvalue weighted by molar-refractivity contribution is -0.145. The Hall–Kier alpha value is -2.52. The second-order valence-electron chi connectivity index (χ2n) is 4.68. The van der Waals surface area contributed by atoms with E-state index in [0.29, 0.717) is 24.1 Å². The van der Waals surface area contributed by atoms with Crippen molar-refractivity contribution >= 4 is 18.3 Å². The van der Waals surface area contributed by atoms with Gasteiger partial charge in [0, 0.05) is 12.2 Å². The quantitative estimate of drug-likeness (QED) is 0.656. The molecule has 0 unspecified atom stereocenters. The average molecular weight is 333 g/mol. The third-order valence-corrected chi connectivity index (χ3v) is 3.31. The molecule has 1 atom stereocenters. The topological polar surface area (TPSA) is 102 Å². The molecule has 1 aliphatic heterocycles. The smallest absolute Gasteiger partial charge is 0.333 e. The van der Waals surface area contributed by atoms with Gasteiger partial charge in [-0.25, -0.2) is 9.48 Å². The molecule has 2 rings (SSSR count). The van der Waals surface area contributed by atoms with Gasteiger partial charge in [-0.1, -0.05) is 0 Å². The lowest BCUT2D eigenvalue weighted by Crippen LogP contribution is -2.41. The van der Waals surface area contributed by atoms with Gasteiger partial charge in [-0.3, -0.25) is 9.59 Å². The summed E-state index contributed by atoms with van der Waals surface area (Å²) in [5, 5.41) is 10.5. The van der Waals surface area contributed by atoms with Gasteiger partial charge in [-0.05, 0) is 25.8 Å². The maximum absolute atomic E-state index is 12.6. The summed E-state index contributed by atoms with van der Waals surface area (Å²) in [6, 6.07) is 0.630. The Bertz CT molecular complexity index is 576. The molecule has 128 valence electrons. The molecule has 1 saturated heterocycles. The first-order valence-corrected chi connectivity index (χ1v) is 6.68. The van der Waals surface area contributed by atoms with Crippen molar-refractivity contribution in [3.05, 3.63) is 17.5 Å². The summed E-state index contributed by atoms with van der Waals surface area (Å²) in [4.78, 5) is 33.5. The number of methoxy groups -OCH3 is 1. The van der Waals surface area contributed by atoms with Gasteiger partial charge in [-0.2, -0.15) is 13.9 Å². The molecule has 8 nitrogen and oxygen atoms in total. The SMILES string of the molecule is COC(=O)[C@H]1CCCN1C(=O)c1cc(C)n(C(F)F)n1.O=CO. The summed E-state index contributed by atoms with van der Waals surface area (Å²) in [5.74, 6) is -1.03. The number of nitrogens with zero attached hydrogens (tertiary/aromatic N) is 3. The van der Waals surface area contributed by atoms with Crippen LogP contribution in [0.25, 0.3) is 0 Å². The lowest BCUT2D eigenvalue weighted by Gasteiger charge is -2.21. The summed E-state index contributed by atoms with van der Waals surface area (Å²) in [7, 11) is 1.25. The Labute approximate surface area is 130 Å². The summed E-state index contributed by atoms with van der Waals surface area (Å²) < 4.78 is 30.4. The third-order valence-electron chi connectivity index (χ3n) is 3.31. The van der Waals surface area contributed by atoms with Crippen LogP contribution >= 0.6 is 0 Å². The molecule has 1 aromatic heterocycles. The second-order valence-corrected chi connectivity index (χ2v) is 4.68. The number of halogens is 2. The minimum Gasteiger partial charge on any atom is -0.483 e. The number of carbonyl (C=O) groups is 3. The van der Waals surface area contributed by atoms with Crippen molar-refractivity contribution < 1.29 is 33.0 Å². The predicted molar refractivity (Wildman–Crippen MR) is 73.0 cm³/mol. The molecule has 1 amide bonds. The van der Waals surface area contributed by atoms with Crippen molar-refractivity contribution in [1.29, 1.82) is 0 Å². The molecule has 0 radical (unpaired) electrons. The zero-order chi connectivity index (χ0) is 17.6. The standard InChI is InChI=1S/C12H15F2N3O3.CH2O2/c1-7-6-8(15-17(7)12(13)14)10(18)16-5-3-4-9(16)11(19)20-2;2-1-3/h6,9,12H,3-5H2,1-2H3;1H,(H,2,3)/t9-;/m1./s1. The van der Waals surface area contributed by atoms with E-state index in [2.05, 4.69) is 9.84 Å². The second kappa shape index (κ2) is 8.20. The van der Waals surface area contributed by atoms with Crippen molar-refractivity contribution in [3.8, 4) is 0 Å². The van der Waals surface area contributed by atoms with Crippen LogP contribution in [0.2, 0.25) is 0 Å². The Morgan fingerprint density at radius 3 is 2.61 bits per heavy atom. The predicted octanol–water partition coefficient (Wildman–Crippen LogP) is 1.07. The maximum atomic E-state index is 12.6. The molecule has 1 aliphatic rings. The van der Waals surface area contributed by atoms with E-state index in [0.717, 1.165) is 0 Å². The number of carbonyl (C=O) groups excluding carboxylic acids is 2. The van der Waals surface area contributed by atoms with Crippen molar-refractivity contribution in [2.75, 3.05) is 13.7 Å². The minimum atomic E-state index is -2.80. The lowest BCUT2D eigenvalue weighted by atomic mass is 10.2. The molecule has 1 N–H and O–H groups in total. The van der Waals surface area contributed by atoms with E-state index in [4.69, 9.17) is 9.90 Å². The average Bonchev–Trinajstić information content (AvgIpc) is 3.13. The summed E-state index contributed by atoms with van der Waals surface area (Å²) in [6.07, 6.45) is 1.17. The molecular formula is C13H17F2N3O5. The normalized spacial score (nSPS) is 16.7. The van der Waals surface area contributed by atoms with E-state index >= 15 is 0 Å². The van der Waals surface area contributed by atoms with Crippen molar-refractivity contribution in [2.24, 2.45) is 0 Å². The van der Waals surface area contributed by atoms with Crippen LogP contribution < -0.4 is 0 Å². The number of hydrogen-bond acceptors (Lipinski definition) is 5. The number of likely N-dealkylation sites (tertiary alicyclic amines) is 1. The number of alkyl halides is 2. The van der Waals surface area contributed by atoms with Crippen LogP contribution in [0.4, 0.5) is 8.78 Å². The van der Waals surface area contributed by atoms with Gasteiger partial charge in [0.25, 0.3) is 12.4 Å². The van der Waals surface area contributed by atoms with E-state index in [1.54, 1.807) is 0 Å². The monoisotopic (exact) mass is 333 g/mol. The van der Waals surface area contributed by atoms with Gasteiger partial charge in [-0.15, -0.1) is 0 Å². The molecule has 0 aliphatic carbocycles. The number of hydrogen-bond donors (Lipinski definition) is 1. The van der Waals surface area contributed by atoms with Gasteiger partial charge in [0.05, 0.1) is 7.11 Å². The fourth-order valence-corrected chi connectivity index (χ4v) is 2.33. The van der Waals surface area contributed by atoms with Gasteiger partial charge in [0.15, 0.2) is 5.69 Å². The highest BCUT2D eigenvalue weighted by Crippen LogP contribution is 2.22. The molecule has 1 aromatic rings. The zero-order valence-corrected chi connectivity index (χ0v) is 12.6. The van der Waals surface area contributed by atoms with Crippen LogP contribution in [0.1, 0.15) is 35.6 Å². The van der Waals surface area contributed by atoms with Crippen molar-refractivity contribution in [3.63, 3.8) is 0 Å². The number of carboxylic acid groups (broad SMARTS) is 1. The van der Waals surface area contributed by atoms with E-state index in [9.17, 15) is 18.4 Å². The number of rotatable bonds is 3. The Kier molecular flexibility index (Phi) is 6.61. The van der Waals surface area contributed by atoms with Crippen LogP contribution in [-0.4, -0.2) is 57.8 Å². The van der Waals surface area contributed by atoms with Crippen LogP contribution in [0.5, 0.6) is 0 Å². The third kappa shape index (κ3) is 4.24. The number of esters is 1. The van der Waals surface area contributed by atoms with E-state index in [-0.39, 0.29) is 17.9 Å². The van der Waals surface area contributed by atoms with E-state index in [1.165, 1.54) is 25.0 Å².